The highest BCUT2D eigenvalue weighted by atomic mass is 16.4. The third-order valence-electron chi connectivity index (χ3n) is 3.03. The fraction of sp³-hybridized carbons (Fsp3) is 0.583. The Balaban J connectivity index is 1.91. The van der Waals surface area contributed by atoms with Crippen LogP contribution in [0.5, 0.6) is 0 Å². The maximum Gasteiger partial charge on any atom is 0.287 e. The van der Waals surface area contributed by atoms with Gasteiger partial charge in [-0.1, -0.05) is 19.3 Å². The molecule has 0 bridgehead atoms. The van der Waals surface area contributed by atoms with E-state index in [2.05, 4.69) is 5.32 Å². The summed E-state index contributed by atoms with van der Waals surface area (Å²) in [5.41, 5.74) is 5.42. The molecule has 0 saturated heterocycles. The molecule has 0 unspecified atom stereocenters. The number of nitrogens with two attached hydrogens (primary N) is 1. The molecule has 88 valence electrons. The van der Waals surface area contributed by atoms with Gasteiger partial charge in [0.2, 0.25) is 0 Å². The maximum absolute atomic E-state index is 11.8. The van der Waals surface area contributed by atoms with E-state index < -0.39 is 0 Å². The van der Waals surface area contributed by atoms with Crippen molar-refractivity contribution in [1.29, 1.82) is 0 Å². The lowest BCUT2D eigenvalue weighted by Gasteiger charge is -2.22. The lowest BCUT2D eigenvalue weighted by Crippen LogP contribution is -2.35. The van der Waals surface area contributed by atoms with Gasteiger partial charge in [0.25, 0.3) is 5.91 Å². The number of nitrogens with one attached hydrogen (secondary N) is 1. The van der Waals surface area contributed by atoms with Gasteiger partial charge in [0, 0.05) is 6.04 Å². The molecule has 4 nitrogen and oxygen atoms in total. The van der Waals surface area contributed by atoms with Gasteiger partial charge < -0.3 is 15.5 Å². The predicted octanol–water partition coefficient (Wildman–Crippen LogP) is 1.80. The average molecular weight is 222 g/mol. The van der Waals surface area contributed by atoms with Crippen molar-refractivity contribution in [2.45, 2.75) is 44.7 Å². The molecule has 0 atom stereocenters. The number of carbonyl (C=O) groups is 1. The zero-order valence-corrected chi connectivity index (χ0v) is 9.37. The molecular formula is C12H18N2O2. The summed E-state index contributed by atoms with van der Waals surface area (Å²) in [4.78, 5) is 11.8. The second kappa shape index (κ2) is 5.16. The molecule has 1 fully saturated rings. The molecule has 4 heteroatoms. The number of amides is 1. The second-order valence-corrected chi connectivity index (χ2v) is 4.28. The van der Waals surface area contributed by atoms with Crippen LogP contribution in [0.25, 0.3) is 0 Å². The van der Waals surface area contributed by atoms with Crippen molar-refractivity contribution < 1.29 is 9.21 Å². The van der Waals surface area contributed by atoms with Crippen molar-refractivity contribution in [2.75, 3.05) is 0 Å². The molecule has 0 aliphatic heterocycles. The highest BCUT2D eigenvalue weighted by Crippen LogP contribution is 2.18. The topological polar surface area (TPSA) is 68.3 Å². The number of hydrogen-bond acceptors (Lipinski definition) is 3. The SMILES string of the molecule is NCc1ccc(C(=O)NC2CCCCC2)o1. The number of furan rings is 1. The van der Waals surface area contributed by atoms with Crippen LogP contribution in [0, 0.1) is 0 Å². The highest BCUT2D eigenvalue weighted by Gasteiger charge is 2.18. The van der Waals surface area contributed by atoms with E-state index in [9.17, 15) is 4.79 Å². The third-order valence-corrected chi connectivity index (χ3v) is 3.03. The van der Waals surface area contributed by atoms with E-state index in [4.69, 9.17) is 10.2 Å². The molecule has 1 saturated carbocycles. The second-order valence-electron chi connectivity index (χ2n) is 4.28. The fourth-order valence-corrected chi connectivity index (χ4v) is 2.11. The molecule has 1 aromatic rings. The van der Waals surface area contributed by atoms with E-state index in [1.165, 1.54) is 19.3 Å². The first-order valence-electron chi connectivity index (χ1n) is 5.89. The summed E-state index contributed by atoms with van der Waals surface area (Å²) in [5, 5.41) is 3.00. The summed E-state index contributed by atoms with van der Waals surface area (Å²) in [6.45, 7) is 0.330. The Bertz CT molecular complexity index is 354. The zero-order chi connectivity index (χ0) is 11.4. The van der Waals surface area contributed by atoms with Crippen LogP contribution in [0.2, 0.25) is 0 Å². The summed E-state index contributed by atoms with van der Waals surface area (Å²) >= 11 is 0. The fourth-order valence-electron chi connectivity index (χ4n) is 2.11. The van der Waals surface area contributed by atoms with Gasteiger partial charge in [-0.2, -0.15) is 0 Å². The monoisotopic (exact) mass is 222 g/mol. The molecule has 1 aliphatic rings. The molecule has 3 N–H and O–H groups in total. The van der Waals surface area contributed by atoms with Crippen molar-refractivity contribution in [3.8, 4) is 0 Å². The normalized spacial score (nSPS) is 17.3. The van der Waals surface area contributed by atoms with E-state index in [0.29, 0.717) is 24.1 Å². The smallest absolute Gasteiger partial charge is 0.287 e. The summed E-state index contributed by atoms with van der Waals surface area (Å²) in [6, 6.07) is 3.74. The van der Waals surface area contributed by atoms with Crippen LogP contribution in [0.4, 0.5) is 0 Å². The van der Waals surface area contributed by atoms with E-state index in [1.54, 1.807) is 12.1 Å². The first-order valence-corrected chi connectivity index (χ1v) is 5.89. The minimum atomic E-state index is -0.119. The average Bonchev–Trinajstić information content (AvgIpc) is 2.79. The summed E-state index contributed by atoms with van der Waals surface area (Å²) < 4.78 is 5.30. The van der Waals surface area contributed by atoms with Crippen LogP contribution in [0.1, 0.15) is 48.4 Å². The van der Waals surface area contributed by atoms with Gasteiger partial charge in [-0.25, -0.2) is 0 Å². The van der Waals surface area contributed by atoms with Gasteiger partial charge in [0.05, 0.1) is 6.54 Å². The zero-order valence-electron chi connectivity index (χ0n) is 9.37. The molecule has 1 amide bonds. The third kappa shape index (κ3) is 2.64. The van der Waals surface area contributed by atoms with E-state index >= 15 is 0 Å². The Hall–Kier alpha value is -1.29. The first kappa shape index (κ1) is 11.2. The molecule has 1 aliphatic carbocycles. The Kier molecular flexibility index (Phi) is 3.62. The van der Waals surface area contributed by atoms with Crippen LogP contribution in [-0.4, -0.2) is 11.9 Å². The van der Waals surface area contributed by atoms with Gasteiger partial charge in [-0.3, -0.25) is 4.79 Å². The Morgan fingerprint density at radius 2 is 2.12 bits per heavy atom. The quantitative estimate of drug-likeness (QED) is 0.819. The van der Waals surface area contributed by atoms with E-state index in [1.807, 2.05) is 0 Å². The van der Waals surface area contributed by atoms with Crippen molar-refractivity contribution in [3.05, 3.63) is 23.7 Å². The lowest BCUT2D eigenvalue weighted by atomic mass is 9.95. The minimum absolute atomic E-state index is 0.119. The van der Waals surface area contributed by atoms with Gasteiger partial charge in [-0.15, -0.1) is 0 Å². The molecular weight excluding hydrogens is 204 g/mol. The molecule has 1 heterocycles. The first-order chi connectivity index (χ1) is 7.79. The number of hydrogen-bond donors (Lipinski definition) is 2. The van der Waals surface area contributed by atoms with Crippen molar-refractivity contribution in [3.63, 3.8) is 0 Å². The molecule has 16 heavy (non-hydrogen) atoms. The van der Waals surface area contributed by atoms with E-state index in [0.717, 1.165) is 12.8 Å². The lowest BCUT2D eigenvalue weighted by molar-refractivity contribution is 0.0898. The predicted molar refractivity (Wildman–Crippen MR) is 60.9 cm³/mol. The molecule has 2 rings (SSSR count). The van der Waals surface area contributed by atoms with Crippen molar-refractivity contribution >= 4 is 5.91 Å². The van der Waals surface area contributed by atoms with E-state index in [-0.39, 0.29) is 5.91 Å². The molecule has 0 aromatic carbocycles. The summed E-state index contributed by atoms with van der Waals surface area (Å²) in [6.07, 6.45) is 5.85. The van der Waals surface area contributed by atoms with Crippen LogP contribution < -0.4 is 11.1 Å². The summed E-state index contributed by atoms with van der Waals surface area (Å²) in [7, 11) is 0. The number of carbonyl (C=O) groups excluding carboxylic acids is 1. The number of rotatable bonds is 3. The Morgan fingerprint density at radius 3 is 2.75 bits per heavy atom. The molecule has 0 radical (unpaired) electrons. The molecule has 0 spiro atoms. The molecule has 1 aromatic heterocycles. The van der Waals surface area contributed by atoms with Crippen LogP contribution >= 0.6 is 0 Å². The highest BCUT2D eigenvalue weighted by molar-refractivity contribution is 5.91. The Morgan fingerprint density at radius 1 is 1.38 bits per heavy atom. The van der Waals surface area contributed by atoms with Crippen LogP contribution in [-0.2, 0) is 6.54 Å². The van der Waals surface area contributed by atoms with Gasteiger partial charge >= 0.3 is 0 Å². The van der Waals surface area contributed by atoms with Crippen LogP contribution in [0.15, 0.2) is 16.5 Å². The largest absolute Gasteiger partial charge is 0.455 e. The van der Waals surface area contributed by atoms with Gasteiger partial charge in [0.15, 0.2) is 5.76 Å². The minimum Gasteiger partial charge on any atom is -0.455 e. The van der Waals surface area contributed by atoms with Crippen molar-refractivity contribution in [1.82, 2.24) is 5.32 Å². The van der Waals surface area contributed by atoms with Gasteiger partial charge in [0.1, 0.15) is 5.76 Å². The standard InChI is InChI=1S/C12H18N2O2/c13-8-10-6-7-11(16-10)12(15)14-9-4-2-1-3-5-9/h6-7,9H,1-5,8,13H2,(H,14,15). The summed E-state index contributed by atoms with van der Waals surface area (Å²) in [5.74, 6) is 0.895. The maximum atomic E-state index is 11.8. The van der Waals surface area contributed by atoms with Crippen LogP contribution in [0.3, 0.4) is 0 Å². The Labute approximate surface area is 95.2 Å². The van der Waals surface area contributed by atoms with Gasteiger partial charge in [-0.05, 0) is 25.0 Å². The van der Waals surface area contributed by atoms with Crippen molar-refractivity contribution in [2.24, 2.45) is 5.73 Å².